The number of aliphatic carboxylic acids is 2. The number of aliphatic hydroxyl groups excluding tert-OH is 24. The molecule has 0 aromatic heterocycles. The molecule has 0 spiro atoms. The van der Waals surface area contributed by atoms with Crippen LogP contribution in [-0.4, -0.2) is 514 Å². The van der Waals surface area contributed by atoms with Crippen molar-refractivity contribution in [3.8, 4) is 0 Å². The number of aliphatic hydroxyl groups is 24. The van der Waals surface area contributed by atoms with Crippen LogP contribution >= 0.6 is 0 Å². The van der Waals surface area contributed by atoms with Crippen molar-refractivity contribution in [2.24, 2.45) is 5.73 Å². The minimum Gasteiger partial charge on any atom is -0.479 e. The van der Waals surface area contributed by atoms with Crippen LogP contribution in [-0.2, 0) is 133 Å². The largest absolute Gasteiger partial charge is 0.479 e. The summed E-state index contributed by atoms with van der Waals surface area (Å²) >= 11 is 0. The smallest absolute Gasteiger partial charge is 0.335 e. The molecule has 0 aliphatic carbocycles. The van der Waals surface area contributed by atoms with Gasteiger partial charge in [-0.3, -0.25) is 24.0 Å². The van der Waals surface area contributed by atoms with E-state index in [2.05, 4.69) is 15.0 Å². The molecule has 10 fully saturated rings. The van der Waals surface area contributed by atoms with Crippen molar-refractivity contribution in [2.45, 2.75) is 330 Å². The molecule has 5 amide bonds. The number of hydrogen-bond acceptors (Lipinski definition) is 53. The first kappa shape index (κ1) is 110. The quantitative estimate of drug-likeness (QED) is 0.0201. The van der Waals surface area contributed by atoms with Crippen LogP contribution in [0.4, 0.5) is 0 Å². The summed E-state index contributed by atoms with van der Waals surface area (Å²) < 4.78 is 86.6. The van der Waals surface area contributed by atoms with E-state index in [9.17, 15) is 181 Å². The number of hydroxylamine groups is 4. The molecule has 0 aromatic carbocycles. The number of hydrogen-bond donors (Lipinski definition) is 28. The minimum absolute atomic E-state index is 0.0102. The van der Waals surface area contributed by atoms with E-state index in [1.54, 1.807) is 0 Å². The molecule has 0 radical (unpaired) electrons. The van der Waals surface area contributed by atoms with Crippen molar-refractivity contribution in [2.75, 3.05) is 65.9 Å². The maximum absolute atomic E-state index is 12.3. The molecule has 0 saturated carbocycles. The molecular weight excluding hydrogens is 1800 g/mol. The number of imide groups is 2. The van der Waals surface area contributed by atoms with Gasteiger partial charge >= 0.3 is 23.9 Å². The highest BCUT2D eigenvalue weighted by atomic mass is 16.8. The Morgan fingerprint density at radius 1 is 0.328 bits per heavy atom. The Bertz CT molecular complexity index is 3570. The third-order valence-electron chi connectivity index (χ3n) is 22.0. The van der Waals surface area contributed by atoms with Crippen LogP contribution in [0.25, 0.3) is 0 Å². The van der Waals surface area contributed by atoms with Crippen LogP contribution < -0.4 is 11.1 Å². The summed E-state index contributed by atoms with van der Waals surface area (Å²) in [7, 11) is 0. The lowest BCUT2D eigenvalue weighted by Crippen LogP contribution is -2.68. The maximum Gasteiger partial charge on any atom is 0.335 e. The van der Waals surface area contributed by atoms with E-state index in [1.165, 1.54) is 6.92 Å². The van der Waals surface area contributed by atoms with Gasteiger partial charge in [-0.1, -0.05) is 0 Å². The first-order valence-corrected chi connectivity index (χ1v) is 41.4. The second-order valence-electron chi connectivity index (χ2n) is 31.4. The van der Waals surface area contributed by atoms with Crippen LogP contribution in [0.15, 0.2) is 0 Å². The van der Waals surface area contributed by atoms with Crippen molar-refractivity contribution in [3.63, 3.8) is 0 Å². The van der Waals surface area contributed by atoms with Gasteiger partial charge in [0.2, 0.25) is 5.91 Å². The molecule has 10 aliphatic heterocycles. The summed E-state index contributed by atoms with van der Waals surface area (Å²) in [6, 6.07) is 0. The molecule has 29 N–H and O–H groups in total. The number of carboxylic acids is 2. The third kappa shape index (κ3) is 27.8. The van der Waals surface area contributed by atoms with Crippen LogP contribution in [0.3, 0.4) is 0 Å². The van der Waals surface area contributed by atoms with Gasteiger partial charge in [0, 0.05) is 64.5 Å². The average Bonchev–Trinajstić information content (AvgIpc) is 1.70. The van der Waals surface area contributed by atoms with Crippen LogP contribution in [0.5, 0.6) is 0 Å². The van der Waals surface area contributed by atoms with E-state index in [-0.39, 0.29) is 95.8 Å². The highest BCUT2D eigenvalue weighted by Crippen LogP contribution is 2.39. The van der Waals surface area contributed by atoms with Crippen LogP contribution in [0.1, 0.15) is 84.0 Å². The van der Waals surface area contributed by atoms with Gasteiger partial charge in [-0.15, -0.1) is 10.1 Å². The lowest BCUT2D eigenvalue weighted by atomic mass is 9.95. The fourth-order valence-electron chi connectivity index (χ4n) is 14.7. The topological polar surface area (TPSA) is 907 Å². The highest BCUT2D eigenvalue weighted by Gasteiger charge is 2.60. The number of rotatable bonds is 39. The summed E-state index contributed by atoms with van der Waals surface area (Å²) in [5.41, 5.74) is 5.36. The summed E-state index contributed by atoms with van der Waals surface area (Å²) in [6.07, 6.45) is -73.2. The molecule has 40 atom stereocenters. The predicted octanol–water partition coefficient (Wildman–Crippen LogP) is -18.3. The standard InChI is InChI=1S/C33H55NO24.C26H45NO22.C14H16N2O8/c1-11(38)4-2-3-5-15(39)34-6-7-51-30-22(46)18(42)25(13(9-36)53-30)56-33-24(48)20(44)27(28(58-33)29(49)50)57-32-23(47)19(43)26(14(10-37)54-32)55-31-21(45)17(41)16(40)12(8-35)52-31;27-1-2-42-23-15(37)11(33)18(7(4-29)44-23)47-26-17(39)13(35)20(21(49-26)22(40)41)48-25-16(38)12(34)19(8(5-30)45-25)46-24-14(36)10(32)9(31)6(3-28)43-24;17-9-5-6-10(18)15(9)23-13(21)3-1-2-4-14(22)24-16-11(19)7-8-12(16)20/h12-14,16-28,30-33,35-37,40-48H,2-10H2,1H3,(H,34,39)(H,49,50);6-21,23-26,28-39H,1-5,27H2,(H,40,41);1-8H2/t12?,13?,14?,16-,17+,18-,19-,20-,21?,22?,23?,24?,25-,26+,27+,28?,30-,31-,32-,33-;6?,7?,8?,9-,10+,11-,12-,13-,14?,15?,16?,17?,18-,19+,20+,21?,23-,24-,25-,26-;/m11./s1. The van der Waals surface area contributed by atoms with E-state index < -0.39 is 333 Å². The number of carbonyl (C=O) groups is 10. The van der Waals surface area contributed by atoms with Crippen molar-refractivity contribution < 1.29 is 266 Å². The molecule has 16 unspecified atom stereocenters. The van der Waals surface area contributed by atoms with Gasteiger partial charge in [-0.2, -0.15) is 0 Å². The fraction of sp³-hybridized carbons (Fsp3) is 0.863. The Morgan fingerprint density at radius 3 is 0.878 bits per heavy atom. The van der Waals surface area contributed by atoms with Gasteiger partial charge in [-0.05, 0) is 32.6 Å². The molecule has 10 saturated heterocycles. The molecule has 752 valence electrons. The van der Waals surface area contributed by atoms with Crippen molar-refractivity contribution >= 4 is 59.2 Å². The van der Waals surface area contributed by atoms with E-state index >= 15 is 0 Å². The Kier molecular flexibility index (Phi) is 43.0. The molecule has 10 heterocycles. The number of ketones is 1. The summed E-state index contributed by atoms with van der Waals surface area (Å²) in [5, 5.41) is 273. The number of nitrogens with zero attached hydrogens (tertiary/aromatic N) is 2. The highest BCUT2D eigenvalue weighted by molar-refractivity contribution is 6.02. The molecule has 131 heavy (non-hydrogen) atoms. The van der Waals surface area contributed by atoms with Crippen LogP contribution in [0, 0.1) is 0 Å². The second kappa shape index (κ2) is 51.2. The Hall–Kier alpha value is -6.34. The van der Waals surface area contributed by atoms with E-state index in [0.717, 1.165) is 0 Å². The van der Waals surface area contributed by atoms with Crippen molar-refractivity contribution in [1.29, 1.82) is 0 Å². The average molecular weight is 1910 g/mol. The number of nitrogens with two attached hydrogens (primary N) is 1. The lowest BCUT2D eigenvalue weighted by molar-refractivity contribution is -0.385. The van der Waals surface area contributed by atoms with Gasteiger partial charge in [0.15, 0.2) is 62.5 Å². The zero-order valence-corrected chi connectivity index (χ0v) is 69.7. The Labute approximate surface area is 740 Å². The molecule has 58 nitrogen and oxygen atoms in total. The number of Topliss-reactive ketones (excluding diaryl/α,β-unsaturated/α-hetero) is 1. The number of unbranched alkanes of at least 4 members (excludes halogenated alkanes) is 2. The number of ether oxygens (including phenoxy) is 16. The molecule has 0 bridgehead atoms. The number of carbonyl (C=O) groups excluding carboxylic acids is 8. The zero-order chi connectivity index (χ0) is 97.0. The normalized spacial score (nSPS) is 41.0. The molecule has 0 aromatic rings. The Morgan fingerprint density at radius 2 is 0.580 bits per heavy atom. The minimum atomic E-state index is -2.25. The summed E-state index contributed by atoms with van der Waals surface area (Å²) in [4.78, 5) is 125. The predicted molar refractivity (Wildman–Crippen MR) is 400 cm³/mol. The SMILES string of the molecule is CC(=O)CCCCC(=O)NCCO[C@@H]1OC(CO)[C@@H](O[C@@H]2OC(C(=O)O)[C@@H](O[C@H]3OC(CO)[C@H](O[C@H]4OC(CO)[C@@H](O)[C@H](O)C4O)[C@H](O)C3O)[C@H](O)C2O)[C@H](O)C1O.NCCO[C@@H]1OC(CO)[C@@H](O[C@@H]2OC(C(=O)O)[C@@H](O[C@H]3OC(CO)[C@H](O[C@H]4OC(CO)[C@@H](O)[C@H](O)C4O)[C@H](O)C3O)[C@H](O)C2O)[C@H](O)C1O.O=C(CCCCC(=O)ON1C(=O)CCC1=O)ON1C(=O)CCC1=O. The van der Waals surface area contributed by atoms with Gasteiger partial charge in [-0.25, -0.2) is 19.2 Å². The van der Waals surface area contributed by atoms with Gasteiger partial charge in [0.1, 0.15) is 189 Å². The van der Waals surface area contributed by atoms with Crippen molar-refractivity contribution in [3.05, 3.63) is 0 Å². The summed E-state index contributed by atoms with van der Waals surface area (Å²) in [6.45, 7) is -4.12. The van der Waals surface area contributed by atoms with E-state index in [4.69, 9.17) is 81.5 Å². The van der Waals surface area contributed by atoms with Crippen LogP contribution in [0.2, 0.25) is 0 Å². The maximum atomic E-state index is 12.3. The van der Waals surface area contributed by atoms with E-state index in [0.29, 0.717) is 29.4 Å². The fourth-order valence-corrected chi connectivity index (χ4v) is 14.7. The molecule has 10 aliphatic rings. The first-order chi connectivity index (χ1) is 62.0. The van der Waals surface area contributed by atoms with E-state index in [1.807, 2.05) is 0 Å². The summed E-state index contributed by atoms with van der Waals surface area (Å²) in [5.74, 6) is -7.67. The second-order valence-corrected chi connectivity index (χ2v) is 31.4. The lowest BCUT2D eigenvalue weighted by Gasteiger charge is -2.48. The van der Waals surface area contributed by atoms with Gasteiger partial charge in [0.05, 0.1) is 52.9 Å². The number of nitrogens with one attached hydrogen (secondary N) is 1. The number of carboxylic acid groups (broad SMARTS) is 2. The number of amides is 5. The first-order valence-electron chi connectivity index (χ1n) is 41.4. The van der Waals surface area contributed by atoms with Gasteiger partial charge in [0.25, 0.3) is 23.6 Å². The monoisotopic (exact) mass is 1910 g/mol. The van der Waals surface area contributed by atoms with Crippen molar-refractivity contribution in [1.82, 2.24) is 15.4 Å². The third-order valence-corrected chi connectivity index (χ3v) is 22.0. The Balaban J connectivity index is 0.000000261. The molecular formula is C73H116N4O54. The molecule has 10 rings (SSSR count). The zero-order valence-electron chi connectivity index (χ0n) is 69.7. The van der Waals surface area contributed by atoms with Gasteiger partial charge < -0.3 is 234 Å². The molecule has 58 heteroatoms.